The molecule has 0 aliphatic heterocycles. The van der Waals surface area contributed by atoms with Gasteiger partial charge in [0.25, 0.3) is 0 Å². The Bertz CT molecular complexity index is 124. The molecule has 3 heteroatoms. The second-order valence-electron chi connectivity index (χ2n) is 4.08. The molecule has 0 aliphatic carbocycles. The average Bonchev–Trinajstić information content (AvgIpc) is 2.03. The van der Waals surface area contributed by atoms with Crippen molar-refractivity contribution in [3.05, 3.63) is 0 Å². The summed E-state index contributed by atoms with van der Waals surface area (Å²) in [7, 11) is 0. The number of unbranched alkanes of at least 4 members (excludes halogenated alkanes) is 1. The van der Waals surface area contributed by atoms with E-state index >= 15 is 0 Å². The van der Waals surface area contributed by atoms with Crippen LogP contribution in [0.2, 0.25) is 0 Å². The van der Waals surface area contributed by atoms with E-state index in [0.717, 1.165) is 25.9 Å². The number of hydrogen-bond donors (Lipinski definition) is 2. The first-order chi connectivity index (χ1) is 5.98. The van der Waals surface area contributed by atoms with Crippen molar-refractivity contribution in [1.29, 1.82) is 0 Å². The van der Waals surface area contributed by atoms with Gasteiger partial charge in [-0.05, 0) is 40.0 Å². The molecular weight excluding hydrogens is 166 g/mol. The lowest BCUT2D eigenvalue weighted by molar-refractivity contribution is 0.0463. The van der Waals surface area contributed by atoms with Gasteiger partial charge in [-0.3, -0.25) is 0 Å². The van der Waals surface area contributed by atoms with Crippen LogP contribution in [0.5, 0.6) is 0 Å². The van der Waals surface area contributed by atoms with Crippen LogP contribution < -0.4 is 5.73 Å². The third-order valence-corrected chi connectivity index (χ3v) is 2.00. The quantitative estimate of drug-likeness (QED) is 0.593. The molecule has 0 radical (unpaired) electrons. The van der Waals surface area contributed by atoms with E-state index in [-0.39, 0.29) is 0 Å². The highest BCUT2D eigenvalue weighted by Gasteiger charge is 2.16. The zero-order valence-electron chi connectivity index (χ0n) is 9.05. The predicted molar refractivity (Wildman–Crippen MR) is 54.6 cm³/mol. The van der Waals surface area contributed by atoms with Gasteiger partial charge in [0, 0.05) is 13.2 Å². The first-order valence-electron chi connectivity index (χ1n) is 5.02. The highest BCUT2D eigenvalue weighted by atomic mass is 16.5. The summed E-state index contributed by atoms with van der Waals surface area (Å²) in [6, 6.07) is 0. The highest BCUT2D eigenvalue weighted by Crippen LogP contribution is 2.11. The molecule has 0 heterocycles. The van der Waals surface area contributed by atoms with Crippen molar-refractivity contribution in [2.24, 2.45) is 5.73 Å². The number of ether oxygens (including phenoxy) is 1. The van der Waals surface area contributed by atoms with Gasteiger partial charge in [-0.2, -0.15) is 0 Å². The zero-order valence-corrected chi connectivity index (χ0v) is 9.05. The van der Waals surface area contributed by atoms with Gasteiger partial charge < -0.3 is 15.6 Å². The Balaban J connectivity index is 3.26. The third kappa shape index (κ3) is 8.22. The summed E-state index contributed by atoms with van der Waals surface area (Å²) >= 11 is 0. The lowest BCUT2D eigenvalue weighted by Crippen LogP contribution is -2.33. The van der Waals surface area contributed by atoms with Crippen molar-refractivity contribution >= 4 is 0 Å². The molecule has 1 unspecified atom stereocenters. The van der Waals surface area contributed by atoms with Gasteiger partial charge in [0.15, 0.2) is 0 Å². The Morgan fingerprint density at radius 1 is 1.38 bits per heavy atom. The maximum Gasteiger partial charge on any atom is 0.0741 e. The minimum atomic E-state index is -0.697. The van der Waals surface area contributed by atoms with Crippen LogP contribution >= 0.6 is 0 Å². The first kappa shape index (κ1) is 12.9. The van der Waals surface area contributed by atoms with Crippen LogP contribution in [0, 0.1) is 0 Å². The molecular formula is C10H23NO2. The van der Waals surface area contributed by atoms with Crippen molar-refractivity contribution in [3.8, 4) is 0 Å². The van der Waals surface area contributed by atoms with Gasteiger partial charge in [-0.25, -0.2) is 0 Å². The molecule has 0 amide bonds. The summed E-state index contributed by atoms with van der Waals surface area (Å²) in [6.07, 6.45) is 3.02. The van der Waals surface area contributed by atoms with Crippen LogP contribution in [0.3, 0.4) is 0 Å². The summed E-state index contributed by atoms with van der Waals surface area (Å²) < 4.78 is 5.38. The van der Waals surface area contributed by atoms with Gasteiger partial charge in [-0.1, -0.05) is 0 Å². The molecule has 3 nitrogen and oxygen atoms in total. The fourth-order valence-corrected chi connectivity index (χ4v) is 1.03. The SMILES string of the molecule is CC(C)OCCCCC(C)(O)CN. The molecule has 0 aromatic carbocycles. The van der Waals surface area contributed by atoms with E-state index in [4.69, 9.17) is 10.5 Å². The summed E-state index contributed by atoms with van der Waals surface area (Å²) in [6.45, 7) is 6.93. The van der Waals surface area contributed by atoms with Crippen LogP contribution in [0.25, 0.3) is 0 Å². The predicted octanol–water partition coefficient (Wildman–Crippen LogP) is 1.29. The van der Waals surface area contributed by atoms with Crippen molar-refractivity contribution in [3.63, 3.8) is 0 Å². The largest absolute Gasteiger partial charge is 0.389 e. The lowest BCUT2D eigenvalue weighted by atomic mass is 10.00. The highest BCUT2D eigenvalue weighted by molar-refractivity contribution is 4.72. The van der Waals surface area contributed by atoms with Gasteiger partial charge in [0.05, 0.1) is 11.7 Å². The lowest BCUT2D eigenvalue weighted by Gasteiger charge is -2.20. The Hall–Kier alpha value is -0.120. The molecule has 0 bridgehead atoms. The summed E-state index contributed by atoms with van der Waals surface area (Å²) in [5.74, 6) is 0. The first-order valence-corrected chi connectivity index (χ1v) is 5.02. The van der Waals surface area contributed by atoms with E-state index in [0.29, 0.717) is 12.6 Å². The molecule has 1 atom stereocenters. The Kier molecular flexibility index (Phi) is 6.29. The van der Waals surface area contributed by atoms with Gasteiger partial charge in [0.2, 0.25) is 0 Å². The topological polar surface area (TPSA) is 55.5 Å². The van der Waals surface area contributed by atoms with Crippen LogP contribution in [-0.4, -0.2) is 30.0 Å². The molecule has 80 valence electrons. The molecule has 0 aromatic heterocycles. The molecule has 3 N–H and O–H groups in total. The number of nitrogens with two attached hydrogens (primary N) is 1. The Morgan fingerprint density at radius 3 is 2.46 bits per heavy atom. The van der Waals surface area contributed by atoms with Crippen molar-refractivity contribution < 1.29 is 9.84 Å². The van der Waals surface area contributed by atoms with E-state index in [9.17, 15) is 5.11 Å². The second kappa shape index (κ2) is 6.35. The summed E-state index contributed by atoms with van der Waals surface area (Å²) in [5, 5.41) is 9.57. The minimum absolute atomic E-state index is 0.301. The minimum Gasteiger partial charge on any atom is -0.389 e. The van der Waals surface area contributed by atoms with E-state index in [1.807, 2.05) is 13.8 Å². The fourth-order valence-electron chi connectivity index (χ4n) is 1.03. The number of hydrogen-bond acceptors (Lipinski definition) is 3. The molecule has 0 spiro atoms. The van der Waals surface area contributed by atoms with Crippen LogP contribution in [0.4, 0.5) is 0 Å². The molecule has 13 heavy (non-hydrogen) atoms. The van der Waals surface area contributed by atoms with E-state index < -0.39 is 5.60 Å². The molecule has 0 fully saturated rings. The summed E-state index contributed by atoms with van der Waals surface area (Å²) in [4.78, 5) is 0. The fraction of sp³-hybridized carbons (Fsp3) is 1.00. The van der Waals surface area contributed by atoms with Gasteiger partial charge in [0.1, 0.15) is 0 Å². The van der Waals surface area contributed by atoms with Crippen LogP contribution in [0.15, 0.2) is 0 Å². The third-order valence-electron chi connectivity index (χ3n) is 2.00. The number of aliphatic hydroxyl groups is 1. The smallest absolute Gasteiger partial charge is 0.0741 e. The van der Waals surface area contributed by atoms with Crippen molar-refractivity contribution in [1.82, 2.24) is 0 Å². The van der Waals surface area contributed by atoms with Crippen molar-refractivity contribution in [2.75, 3.05) is 13.2 Å². The van der Waals surface area contributed by atoms with E-state index in [2.05, 4.69) is 0 Å². The van der Waals surface area contributed by atoms with Crippen molar-refractivity contribution in [2.45, 2.75) is 51.7 Å². The van der Waals surface area contributed by atoms with E-state index in [1.54, 1.807) is 6.92 Å². The Morgan fingerprint density at radius 2 is 2.00 bits per heavy atom. The summed E-state index contributed by atoms with van der Waals surface area (Å²) in [5.41, 5.74) is 4.69. The molecule has 0 aromatic rings. The van der Waals surface area contributed by atoms with E-state index in [1.165, 1.54) is 0 Å². The molecule has 0 saturated heterocycles. The maximum absolute atomic E-state index is 9.57. The maximum atomic E-state index is 9.57. The van der Waals surface area contributed by atoms with Gasteiger partial charge >= 0.3 is 0 Å². The standard InChI is InChI=1S/C10H23NO2/c1-9(2)13-7-5-4-6-10(3,12)8-11/h9,12H,4-8,11H2,1-3H3. The van der Waals surface area contributed by atoms with Gasteiger partial charge in [-0.15, -0.1) is 0 Å². The second-order valence-corrected chi connectivity index (χ2v) is 4.08. The normalized spacial score (nSPS) is 16.2. The van der Waals surface area contributed by atoms with Crippen LogP contribution in [0.1, 0.15) is 40.0 Å². The molecule has 0 rings (SSSR count). The zero-order chi connectivity index (χ0) is 10.3. The monoisotopic (exact) mass is 189 g/mol. The average molecular weight is 189 g/mol. The Labute approximate surface area is 81.3 Å². The molecule has 0 aliphatic rings. The number of rotatable bonds is 7. The van der Waals surface area contributed by atoms with Crippen LogP contribution in [-0.2, 0) is 4.74 Å². The molecule has 0 saturated carbocycles.